The van der Waals surface area contributed by atoms with Gasteiger partial charge in [0.2, 0.25) is 0 Å². The molecule has 0 radical (unpaired) electrons. The molecule has 0 saturated heterocycles. The molecule has 98 valence electrons. The lowest BCUT2D eigenvalue weighted by Gasteiger charge is -2.22. The molecule has 0 aliphatic heterocycles. The fourth-order valence-corrected chi connectivity index (χ4v) is 1.89. The Kier molecular flexibility index (Phi) is 10.5. The molecule has 3 nitrogen and oxygen atoms in total. The van der Waals surface area contributed by atoms with Gasteiger partial charge in [-0.15, -0.1) is 0 Å². The van der Waals surface area contributed by atoms with Gasteiger partial charge in [0, 0.05) is 18.3 Å². The Hall–Kier alpha value is 0.230. The molecular formula is C12H28N2OS. The molecule has 0 aromatic carbocycles. The van der Waals surface area contributed by atoms with Crippen LogP contribution in [0.1, 0.15) is 27.2 Å². The summed E-state index contributed by atoms with van der Waals surface area (Å²) in [6.45, 7) is 11.0. The monoisotopic (exact) mass is 248 g/mol. The van der Waals surface area contributed by atoms with Crippen molar-refractivity contribution in [2.75, 3.05) is 39.0 Å². The second-order valence-electron chi connectivity index (χ2n) is 4.18. The number of thioether (sulfide) groups is 1. The van der Waals surface area contributed by atoms with Crippen LogP contribution in [-0.4, -0.2) is 60.3 Å². The summed E-state index contributed by atoms with van der Waals surface area (Å²) in [7, 11) is 0. The second kappa shape index (κ2) is 10.4. The average molecular weight is 248 g/mol. The Morgan fingerprint density at radius 2 is 1.94 bits per heavy atom. The summed E-state index contributed by atoms with van der Waals surface area (Å²) in [6, 6.07) is 0. The van der Waals surface area contributed by atoms with E-state index in [1.165, 1.54) is 6.42 Å². The van der Waals surface area contributed by atoms with Gasteiger partial charge in [0.25, 0.3) is 0 Å². The van der Waals surface area contributed by atoms with Crippen LogP contribution < -0.4 is 5.32 Å². The van der Waals surface area contributed by atoms with E-state index in [-0.39, 0.29) is 6.10 Å². The van der Waals surface area contributed by atoms with Crippen LogP contribution in [0, 0.1) is 0 Å². The molecule has 0 fully saturated rings. The first-order chi connectivity index (χ1) is 7.63. The van der Waals surface area contributed by atoms with Gasteiger partial charge in [-0.2, -0.15) is 11.8 Å². The molecule has 0 rings (SSSR count). The molecule has 4 heteroatoms. The first-order valence-electron chi connectivity index (χ1n) is 6.27. The lowest BCUT2D eigenvalue weighted by molar-refractivity contribution is 0.117. The number of rotatable bonds is 10. The second-order valence-corrected chi connectivity index (χ2v) is 5.45. The number of hydrogen-bond acceptors (Lipinski definition) is 4. The lowest BCUT2D eigenvalue weighted by atomic mass is 10.3. The van der Waals surface area contributed by atoms with Gasteiger partial charge in [-0.1, -0.05) is 20.8 Å². The summed E-state index contributed by atoms with van der Waals surface area (Å²) in [5.74, 6) is 0. The largest absolute Gasteiger partial charge is 0.390 e. The van der Waals surface area contributed by atoms with Gasteiger partial charge in [0.1, 0.15) is 0 Å². The fourth-order valence-electron chi connectivity index (χ4n) is 1.54. The lowest BCUT2D eigenvalue weighted by Crippen LogP contribution is -2.38. The highest BCUT2D eigenvalue weighted by Crippen LogP contribution is 2.07. The normalized spacial score (nSPS) is 15.4. The van der Waals surface area contributed by atoms with Gasteiger partial charge in [-0.25, -0.2) is 0 Å². The molecule has 0 aliphatic carbocycles. The standard InChI is InChI=1S/C12H28N2OS/c1-5-14(6-2)10-12(15)9-13-8-7-11(3)16-4/h11-13,15H,5-10H2,1-4H3. The van der Waals surface area contributed by atoms with Gasteiger partial charge in [0.05, 0.1) is 6.10 Å². The Bertz CT molecular complexity index is 154. The fraction of sp³-hybridized carbons (Fsp3) is 1.00. The van der Waals surface area contributed by atoms with Crippen LogP contribution in [0.2, 0.25) is 0 Å². The molecule has 2 unspecified atom stereocenters. The predicted molar refractivity (Wildman–Crippen MR) is 74.3 cm³/mol. The molecule has 16 heavy (non-hydrogen) atoms. The van der Waals surface area contributed by atoms with E-state index >= 15 is 0 Å². The first-order valence-corrected chi connectivity index (χ1v) is 7.56. The Labute approximate surface area is 105 Å². The molecule has 2 N–H and O–H groups in total. The van der Waals surface area contributed by atoms with Crippen molar-refractivity contribution in [2.45, 2.75) is 38.5 Å². The smallest absolute Gasteiger partial charge is 0.0791 e. The highest BCUT2D eigenvalue weighted by molar-refractivity contribution is 7.99. The maximum Gasteiger partial charge on any atom is 0.0791 e. The quantitative estimate of drug-likeness (QED) is 0.573. The van der Waals surface area contributed by atoms with Crippen molar-refractivity contribution in [3.8, 4) is 0 Å². The summed E-state index contributed by atoms with van der Waals surface area (Å²) in [5, 5.41) is 13.8. The highest BCUT2D eigenvalue weighted by atomic mass is 32.2. The molecule has 0 bridgehead atoms. The van der Waals surface area contributed by atoms with Crippen molar-refractivity contribution in [3.63, 3.8) is 0 Å². The zero-order valence-electron chi connectivity index (χ0n) is 11.2. The molecule has 0 heterocycles. The van der Waals surface area contributed by atoms with E-state index in [0.717, 1.165) is 26.2 Å². The summed E-state index contributed by atoms with van der Waals surface area (Å²) in [4.78, 5) is 2.25. The van der Waals surface area contributed by atoms with Crippen LogP contribution in [0.15, 0.2) is 0 Å². The third kappa shape index (κ3) is 8.39. The maximum absolute atomic E-state index is 9.79. The van der Waals surface area contributed by atoms with Gasteiger partial charge >= 0.3 is 0 Å². The van der Waals surface area contributed by atoms with Crippen LogP contribution in [0.5, 0.6) is 0 Å². The van der Waals surface area contributed by atoms with Crippen molar-refractivity contribution in [1.82, 2.24) is 10.2 Å². The van der Waals surface area contributed by atoms with Crippen molar-refractivity contribution in [3.05, 3.63) is 0 Å². The van der Waals surface area contributed by atoms with E-state index < -0.39 is 0 Å². The van der Waals surface area contributed by atoms with E-state index in [0.29, 0.717) is 11.8 Å². The van der Waals surface area contributed by atoms with Gasteiger partial charge in [-0.05, 0) is 32.3 Å². The Balaban J connectivity index is 3.46. The van der Waals surface area contributed by atoms with E-state index in [4.69, 9.17) is 0 Å². The van der Waals surface area contributed by atoms with Crippen LogP contribution in [0.3, 0.4) is 0 Å². The molecular weight excluding hydrogens is 220 g/mol. The minimum absolute atomic E-state index is 0.246. The van der Waals surface area contributed by atoms with Crippen LogP contribution in [-0.2, 0) is 0 Å². The number of nitrogens with one attached hydrogen (secondary N) is 1. The van der Waals surface area contributed by atoms with Crippen LogP contribution in [0.25, 0.3) is 0 Å². The van der Waals surface area contributed by atoms with Gasteiger partial charge in [-0.3, -0.25) is 0 Å². The van der Waals surface area contributed by atoms with Crippen molar-refractivity contribution < 1.29 is 5.11 Å². The molecule has 0 aromatic heterocycles. The first kappa shape index (κ1) is 16.2. The maximum atomic E-state index is 9.79. The number of likely N-dealkylation sites (N-methyl/N-ethyl adjacent to an activating group) is 1. The minimum Gasteiger partial charge on any atom is -0.390 e. The third-order valence-electron chi connectivity index (χ3n) is 2.87. The molecule has 0 amide bonds. The van der Waals surface area contributed by atoms with E-state index in [1.54, 1.807) is 0 Å². The molecule has 0 aliphatic rings. The summed E-state index contributed by atoms with van der Waals surface area (Å²) in [6.07, 6.45) is 3.06. The number of nitrogens with zero attached hydrogens (tertiary/aromatic N) is 1. The van der Waals surface area contributed by atoms with E-state index in [1.807, 2.05) is 11.8 Å². The number of aliphatic hydroxyl groups is 1. The molecule has 0 aromatic rings. The van der Waals surface area contributed by atoms with Crippen molar-refractivity contribution >= 4 is 11.8 Å². The zero-order valence-corrected chi connectivity index (χ0v) is 12.0. The minimum atomic E-state index is -0.246. The number of aliphatic hydroxyl groups excluding tert-OH is 1. The summed E-state index contributed by atoms with van der Waals surface area (Å²) >= 11 is 1.89. The number of hydrogen-bond donors (Lipinski definition) is 2. The van der Waals surface area contributed by atoms with Crippen molar-refractivity contribution in [2.24, 2.45) is 0 Å². The Morgan fingerprint density at radius 1 is 1.31 bits per heavy atom. The summed E-state index contributed by atoms with van der Waals surface area (Å²) < 4.78 is 0. The molecule has 0 saturated carbocycles. The predicted octanol–water partition coefficient (Wildman–Crippen LogP) is 1.42. The Morgan fingerprint density at radius 3 is 2.44 bits per heavy atom. The van der Waals surface area contributed by atoms with Gasteiger partial charge < -0.3 is 15.3 Å². The van der Waals surface area contributed by atoms with E-state index in [9.17, 15) is 5.11 Å². The highest BCUT2D eigenvalue weighted by Gasteiger charge is 2.08. The molecule has 0 spiro atoms. The summed E-state index contributed by atoms with van der Waals surface area (Å²) in [5.41, 5.74) is 0. The topological polar surface area (TPSA) is 35.5 Å². The molecule has 2 atom stereocenters. The van der Waals surface area contributed by atoms with Crippen LogP contribution in [0.4, 0.5) is 0 Å². The third-order valence-corrected chi connectivity index (χ3v) is 3.91. The van der Waals surface area contributed by atoms with E-state index in [2.05, 4.69) is 37.2 Å². The zero-order chi connectivity index (χ0) is 12.4. The van der Waals surface area contributed by atoms with Crippen molar-refractivity contribution in [1.29, 1.82) is 0 Å². The van der Waals surface area contributed by atoms with Gasteiger partial charge in [0.15, 0.2) is 0 Å². The SMILES string of the molecule is CCN(CC)CC(O)CNCCC(C)SC. The van der Waals surface area contributed by atoms with Crippen LogP contribution >= 0.6 is 11.8 Å². The average Bonchev–Trinajstić information content (AvgIpc) is 2.31.